The highest BCUT2D eigenvalue weighted by molar-refractivity contribution is 7.98. The van der Waals surface area contributed by atoms with Crippen LogP contribution in [0.3, 0.4) is 0 Å². The number of thioether (sulfide) groups is 1. The minimum atomic E-state index is 0.487. The molecule has 0 saturated heterocycles. The molecule has 0 aromatic rings. The van der Waals surface area contributed by atoms with E-state index in [1.165, 1.54) is 5.75 Å². The molecule has 0 aliphatic heterocycles. The fourth-order valence-electron chi connectivity index (χ4n) is 0.556. The summed E-state index contributed by atoms with van der Waals surface area (Å²) in [6, 6.07) is 0. The van der Waals surface area contributed by atoms with Crippen LogP contribution in [0.4, 0.5) is 0 Å². The summed E-state index contributed by atoms with van der Waals surface area (Å²) in [5, 5.41) is 0.487. The van der Waals surface area contributed by atoms with Crippen molar-refractivity contribution < 1.29 is 0 Å². The quantitative estimate of drug-likeness (QED) is 0.512. The highest BCUT2D eigenvalue weighted by Gasteiger charge is 1.96. The second-order valence-electron chi connectivity index (χ2n) is 2.11. The summed E-state index contributed by atoms with van der Waals surface area (Å²) in [4.78, 5) is 1.89. The first-order valence-electron chi connectivity index (χ1n) is 3.18. The lowest BCUT2D eigenvalue weighted by Gasteiger charge is -2.15. The zero-order valence-electron chi connectivity index (χ0n) is 6.46. The first-order valence-corrected chi connectivity index (χ1v) is 4.98. The normalized spacial score (nSPS) is 9.40. The van der Waals surface area contributed by atoms with E-state index >= 15 is 0 Å². The van der Waals surface area contributed by atoms with Gasteiger partial charge in [0.25, 0.3) is 0 Å². The summed E-state index contributed by atoms with van der Waals surface area (Å²) in [7, 11) is 1.92. The lowest BCUT2D eigenvalue weighted by Crippen LogP contribution is -2.32. The Hall–Kier alpha value is 0.0400. The van der Waals surface area contributed by atoms with E-state index in [1.54, 1.807) is 0 Å². The molecule has 0 atom stereocenters. The SMILES string of the molecule is CSCCCN(C)C(N)=S. The van der Waals surface area contributed by atoms with Crippen LogP contribution in [-0.4, -0.2) is 35.6 Å². The van der Waals surface area contributed by atoms with Crippen LogP contribution in [0.25, 0.3) is 0 Å². The molecule has 4 heteroatoms. The molecule has 10 heavy (non-hydrogen) atoms. The number of rotatable bonds is 4. The van der Waals surface area contributed by atoms with Crippen molar-refractivity contribution in [3.63, 3.8) is 0 Å². The van der Waals surface area contributed by atoms with Gasteiger partial charge in [0.15, 0.2) is 5.11 Å². The van der Waals surface area contributed by atoms with Crippen molar-refractivity contribution in [2.75, 3.05) is 25.6 Å². The second kappa shape index (κ2) is 5.80. The van der Waals surface area contributed by atoms with E-state index in [2.05, 4.69) is 6.26 Å². The van der Waals surface area contributed by atoms with Crippen molar-refractivity contribution in [2.24, 2.45) is 5.73 Å². The van der Waals surface area contributed by atoms with Crippen molar-refractivity contribution in [1.29, 1.82) is 0 Å². The summed E-state index contributed by atoms with van der Waals surface area (Å²) in [5.74, 6) is 1.17. The molecule has 0 aliphatic rings. The fourth-order valence-corrected chi connectivity index (χ4v) is 1.07. The van der Waals surface area contributed by atoms with Crippen LogP contribution in [0.2, 0.25) is 0 Å². The van der Waals surface area contributed by atoms with E-state index in [9.17, 15) is 0 Å². The molecule has 0 amide bonds. The molecule has 0 spiro atoms. The maximum atomic E-state index is 5.37. The van der Waals surface area contributed by atoms with Crippen molar-refractivity contribution in [3.05, 3.63) is 0 Å². The average molecular weight is 178 g/mol. The molecule has 0 rings (SSSR count). The minimum Gasteiger partial charge on any atom is -0.376 e. The van der Waals surface area contributed by atoms with Crippen LogP contribution in [0.1, 0.15) is 6.42 Å². The number of thiocarbonyl (C=S) groups is 1. The van der Waals surface area contributed by atoms with Gasteiger partial charge in [-0.15, -0.1) is 0 Å². The van der Waals surface area contributed by atoms with Crippen LogP contribution in [0.5, 0.6) is 0 Å². The van der Waals surface area contributed by atoms with Gasteiger partial charge in [0, 0.05) is 13.6 Å². The minimum absolute atomic E-state index is 0.487. The van der Waals surface area contributed by atoms with Gasteiger partial charge in [-0.2, -0.15) is 11.8 Å². The molecule has 0 saturated carbocycles. The van der Waals surface area contributed by atoms with Gasteiger partial charge >= 0.3 is 0 Å². The van der Waals surface area contributed by atoms with E-state index < -0.39 is 0 Å². The third kappa shape index (κ3) is 4.88. The molecule has 0 aliphatic carbocycles. The number of nitrogens with zero attached hydrogens (tertiary/aromatic N) is 1. The Morgan fingerprint density at radius 1 is 1.70 bits per heavy atom. The molecule has 0 fully saturated rings. The van der Waals surface area contributed by atoms with E-state index in [-0.39, 0.29) is 0 Å². The Morgan fingerprint density at radius 2 is 2.30 bits per heavy atom. The summed E-state index contributed by atoms with van der Waals surface area (Å²) in [5.41, 5.74) is 5.37. The highest BCUT2D eigenvalue weighted by atomic mass is 32.2. The van der Waals surface area contributed by atoms with E-state index in [0.29, 0.717) is 5.11 Å². The van der Waals surface area contributed by atoms with Gasteiger partial charge in [0.05, 0.1) is 0 Å². The maximum Gasteiger partial charge on any atom is 0.166 e. The second-order valence-corrected chi connectivity index (χ2v) is 3.51. The topological polar surface area (TPSA) is 29.3 Å². The monoisotopic (exact) mass is 178 g/mol. The molecule has 0 aromatic carbocycles. The van der Waals surface area contributed by atoms with Gasteiger partial charge in [0.1, 0.15) is 0 Å². The summed E-state index contributed by atoms with van der Waals surface area (Å²) >= 11 is 6.61. The summed E-state index contributed by atoms with van der Waals surface area (Å²) < 4.78 is 0. The van der Waals surface area contributed by atoms with Gasteiger partial charge in [-0.25, -0.2) is 0 Å². The molecule has 2 nitrogen and oxygen atoms in total. The maximum absolute atomic E-state index is 5.37. The zero-order valence-corrected chi connectivity index (χ0v) is 8.10. The van der Waals surface area contributed by atoms with Crippen LogP contribution in [-0.2, 0) is 0 Å². The van der Waals surface area contributed by atoms with Crippen molar-refractivity contribution >= 4 is 29.1 Å². The Kier molecular flexibility index (Phi) is 5.82. The van der Waals surface area contributed by atoms with Gasteiger partial charge in [-0.1, -0.05) is 0 Å². The van der Waals surface area contributed by atoms with Gasteiger partial charge in [0.2, 0.25) is 0 Å². The summed E-state index contributed by atoms with van der Waals surface area (Å²) in [6.45, 7) is 0.968. The Balaban J connectivity index is 3.21. The third-order valence-electron chi connectivity index (χ3n) is 1.22. The molecule has 0 unspecified atom stereocenters. The van der Waals surface area contributed by atoms with Crippen molar-refractivity contribution in [2.45, 2.75) is 6.42 Å². The Labute approximate surface area is 72.1 Å². The fraction of sp³-hybridized carbons (Fsp3) is 0.833. The Bertz CT molecular complexity index is 106. The largest absolute Gasteiger partial charge is 0.376 e. The van der Waals surface area contributed by atoms with Gasteiger partial charge in [-0.3, -0.25) is 0 Å². The molecule has 0 bridgehead atoms. The smallest absolute Gasteiger partial charge is 0.166 e. The van der Waals surface area contributed by atoms with Crippen LogP contribution >= 0.6 is 24.0 Å². The molecular weight excluding hydrogens is 164 g/mol. The summed E-state index contributed by atoms with van der Waals surface area (Å²) in [6.07, 6.45) is 3.25. The van der Waals surface area contributed by atoms with E-state index in [0.717, 1.165) is 13.0 Å². The third-order valence-corrected chi connectivity index (χ3v) is 2.23. The molecule has 2 N–H and O–H groups in total. The van der Waals surface area contributed by atoms with Crippen LogP contribution in [0, 0.1) is 0 Å². The lowest BCUT2D eigenvalue weighted by atomic mass is 10.4. The van der Waals surface area contributed by atoms with Crippen molar-refractivity contribution in [1.82, 2.24) is 4.90 Å². The highest BCUT2D eigenvalue weighted by Crippen LogP contribution is 1.96. The van der Waals surface area contributed by atoms with Gasteiger partial charge < -0.3 is 10.6 Å². The van der Waals surface area contributed by atoms with Crippen LogP contribution < -0.4 is 5.73 Å². The van der Waals surface area contributed by atoms with E-state index in [1.807, 2.05) is 23.7 Å². The lowest BCUT2D eigenvalue weighted by molar-refractivity contribution is 0.507. The first-order chi connectivity index (χ1) is 4.68. The van der Waals surface area contributed by atoms with Gasteiger partial charge in [-0.05, 0) is 30.6 Å². The number of hydrogen-bond acceptors (Lipinski definition) is 2. The molecule has 0 aromatic heterocycles. The predicted molar refractivity (Wildman–Crippen MR) is 52.4 cm³/mol. The zero-order chi connectivity index (χ0) is 7.98. The first kappa shape index (κ1) is 10.0. The Morgan fingerprint density at radius 3 is 2.70 bits per heavy atom. The van der Waals surface area contributed by atoms with E-state index in [4.69, 9.17) is 18.0 Å². The average Bonchev–Trinajstić information content (AvgIpc) is 1.88. The molecule has 60 valence electrons. The molecule has 0 radical (unpaired) electrons. The number of hydrogen-bond donors (Lipinski definition) is 1. The van der Waals surface area contributed by atoms with Crippen LogP contribution in [0.15, 0.2) is 0 Å². The molecular formula is C6H14N2S2. The predicted octanol–water partition coefficient (Wildman–Crippen LogP) is 0.915. The number of nitrogens with two attached hydrogens (primary N) is 1. The molecule has 0 heterocycles. The van der Waals surface area contributed by atoms with Crippen molar-refractivity contribution in [3.8, 4) is 0 Å². The standard InChI is InChI=1S/C6H14N2S2/c1-8(6(7)9)4-3-5-10-2/h3-5H2,1-2H3,(H2,7,9).